The lowest BCUT2D eigenvalue weighted by Crippen LogP contribution is -1.98. The standard InChI is InChI=1S/C10H11NO3/c11-9-5-7(2-1-3-12)4-8(6-9)10(13)14/h1-2,4-6,12H,3,11H2,(H,13,14). The third-order valence-electron chi connectivity index (χ3n) is 1.64. The van der Waals surface area contributed by atoms with Crippen molar-refractivity contribution in [3.05, 3.63) is 35.4 Å². The molecule has 0 aliphatic rings. The summed E-state index contributed by atoms with van der Waals surface area (Å²) < 4.78 is 0. The van der Waals surface area contributed by atoms with E-state index in [2.05, 4.69) is 0 Å². The Labute approximate surface area is 81.3 Å². The molecule has 1 rings (SSSR count). The zero-order valence-electron chi connectivity index (χ0n) is 7.47. The van der Waals surface area contributed by atoms with Gasteiger partial charge in [0.05, 0.1) is 12.2 Å². The first kappa shape index (κ1) is 10.3. The fourth-order valence-electron chi connectivity index (χ4n) is 1.09. The molecule has 0 heterocycles. The van der Waals surface area contributed by atoms with Crippen LogP contribution in [-0.2, 0) is 0 Å². The number of rotatable bonds is 3. The molecule has 0 saturated heterocycles. The maximum absolute atomic E-state index is 10.7. The van der Waals surface area contributed by atoms with Crippen LogP contribution < -0.4 is 5.73 Å². The van der Waals surface area contributed by atoms with Crippen LogP contribution in [0.15, 0.2) is 24.3 Å². The van der Waals surface area contributed by atoms with Gasteiger partial charge in [-0.15, -0.1) is 0 Å². The third-order valence-corrected chi connectivity index (χ3v) is 1.64. The summed E-state index contributed by atoms with van der Waals surface area (Å²) >= 11 is 0. The van der Waals surface area contributed by atoms with Gasteiger partial charge < -0.3 is 15.9 Å². The lowest BCUT2D eigenvalue weighted by atomic mass is 10.1. The van der Waals surface area contributed by atoms with Crippen molar-refractivity contribution in [2.24, 2.45) is 0 Å². The predicted molar refractivity (Wildman–Crippen MR) is 53.9 cm³/mol. The number of aliphatic hydroxyl groups is 1. The molecule has 4 nitrogen and oxygen atoms in total. The lowest BCUT2D eigenvalue weighted by molar-refractivity contribution is 0.0697. The maximum Gasteiger partial charge on any atom is 0.335 e. The van der Waals surface area contributed by atoms with E-state index in [0.717, 1.165) is 0 Å². The number of carboxylic acids is 1. The van der Waals surface area contributed by atoms with Gasteiger partial charge in [-0.3, -0.25) is 0 Å². The predicted octanol–water partition coefficient (Wildman–Crippen LogP) is 0.973. The summed E-state index contributed by atoms with van der Waals surface area (Å²) in [6.45, 7) is -0.0861. The van der Waals surface area contributed by atoms with Gasteiger partial charge in [0, 0.05) is 5.69 Å². The highest BCUT2D eigenvalue weighted by molar-refractivity contribution is 5.89. The van der Waals surface area contributed by atoms with Crippen LogP contribution in [0.2, 0.25) is 0 Å². The van der Waals surface area contributed by atoms with Crippen molar-refractivity contribution in [1.82, 2.24) is 0 Å². The summed E-state index contributed by atoms with van der Waals surface area (Å²) in [5.74, 6) is -1.02. The van der Waals surface area contributed by atoms with Crippen LogP contribution in [0.4, 0.5) is 5.69 Å². The molecular weight excluding hydrogens is 182 g/mol. The summed E-state index contributed by atoms with van der Waals surface area (Å²) in [6, 6.07) is 4.52. The second kappa shape index (κ2) is 4.43. The number of carbonyl (C=O) groups is 1. The highest BCUT2D eigenvalue weighted by Gasteiger charge is 2.03. The minimum absolute atomic E-state index is 0.0861. The summed E-state index contributed by atoms with van der Waals surface area (Å²) in [5.41, 5.74) is 6.71. The molecule has 0 aliphatic carbocycles. The molecule has 1 aromatic rings. The molecule has 0 aromatic heterocycles. The molecular formula is C10H11NO3. The number of hydrogen-bond donors (Lipinski definition) is 3. The van der Waals surface area contributed by atoms with E-state index < -0.39 is 5.97 Å². The Morgan fingerprint density at radius 1 is 1.43 bits per heavy atom. The fourth-order valence-corrected chi connectivity index (χ4v) is 1.09. The van der Waals surface area contributed by atoms with Gasteiger partial charge in [-0.1, -0.05) is 12.2 Å². The second-order valence-corrected chi connectivity index (χ2v) is 2.78. The molecule has 14 heavy (non-hydrogen) atoms. The van der Waals surface area contributed by atoms with Crippen LogP contribution in [0.1, 0.15) is 15.9 Å². The Bertz CT molecular complexity index is 372. The molecule has 0 amide bonds. The Balaban J connectivity index is 3.07. The highest BCUT2D eigenvalue weighted by Crippen LogP contribution is 2.13. The molecule has 0 radical (unpaired) electrons. The Morgan fingerprint density at radius 2 is 2.14 bits per heavy atom. The number of aromatic carboxylic acids is 1. The van der Waals surface area contributed by atoms with Crippen molar-refractivity contribution in [1.29, 1.82) is 0 Å². The molecule has 74 valence electrons. The van der Waals surface area contributed by atoms with Gasteiger partial charge in [-0.05, 0) is 23.8 Å². The van der Waals surface area contributed by atoms with Crippen LogP contribution in [0.25, 0.3) is 6.08 Å². The molecule has 4 heteroatoms. The topological polar surface area (TPSA) is 83.5 Å². The Hall–Kier alpha value is -1.81. The van der Waals surface area contributed by atoms with E-state index in [1.54, 1.807) is 12.1 Å². The fraction of sp³-hybridized carbons (Fsp3) is 0.100. The van der Waals surface area contributed by atoms with Gasteiger partial charge in [-0.25, -0.2) is 4.79 Å². The molecule has 0 saturated carbocycles. The van der Waals surface area contributed by atoms with Gasteiger partial charge in [0.1, 0.15) is 0 Å². The second-order valence-electron chi connectivity index (χ2n) is 2.78. The summed E-state index contributed by atoms with van der Waals surface area (Å²) in [6.07, 6.45) is 3.13. The van der Waals surface area contributed by atoms with Crippen molar-refractivity contribution in [2.45, 2.75) is 0 Å². The molecule has 1 aromatic carbocycles. The minimum Gasteiger partial charge on any atom is -0.478 e. The van der Waals surface area contributed by atoms with E-state index in [4.69, 9.17) is 15.9 Å². The molecule has 0 fully saturated rings. The molecule has 0 bridgehead atoms. The van der Waals surface area contributed by atoms with Gasteiger partial charge in [-0.2, -0.15) is 0 Å². The largest absolute Gasteiger partial charge is 0.478 e. The van der Waals surface area contributed by atoms with Crippen LogP contribution in [-0.4, -0.2) is 22.8 Å². The number of nitrogens with two attached hydrogens (primary N) is 1. The number of hydrogen-bond acceptors (Lipinski definition) is 3. The number of nitrogen functional groups attached to an aromatic ring is 1. The summed E-state index contributed by atoms with van der Waals surface area (Å²) in [4.78, 5) is 10.7. The molecule has 4 N–H and O–H groups in total. The first-order valence-corrected chi connectivity index (χ1v) is 4.04. The van der Waals surface area contributed by atoms with Crippen molar-refractivity contribution in [3.63, 3.8) is 0 Å². The average Bonchev–Trinajstić information content (AvgIpc) is 2.14. The molecule has 0 aliphatic heterocycles. The monoisotopic (exact) mass is 193 g/mol. The number of benzene rings is 1. The highest BCUT2D eigenvalue weighted by atomic mass is 16.4. The van der Waals surface area contributed by atoms with E-state index in [1.165, 1.54) is 18.2 Å². The van der Waals surface area contributed by atoms with Crippen LogP contribution in [0.5, 0.6) is 0 Å². The van der Waals surface area contributed by atoms with E-state index in [-0.39, 0.29) is 12.2 Å². The third kappa shape index (κ3) is 2.60. The molecule has 0 atom stereocenters. The zero-order chi connectivity index (χ0) is 10.6. The van der Waals surface area contributed by atoms with Gasteiger partial charge in [0.2, 0.25) is 0 Å². The minimum atomic E-state index is -1.02. The number of anilines is 1. The van der Waals surface area contributed by atoms with E-state index >= 15 is 0 Å². The quantitative estimate of drug-likeness (QED) is 0.624. The smallest absolute Gasteiger partial charge is 0.335 e. The first-order valence-electron chi connectivity index (χ1n) is 4.04. The Kier molecular flexibility index (Phi) is 3.25. The summed E-state index contributed by atoms with van der Waals surface area (Å²) in [7, 11) is 0. The van der Waals surface area contributed by atoms with Crippen molar-refractivity contribution >= 4 is 17.7 Å². The zero-order valence-corrected chi connectivity index (χ0v) is 7.47. The Morgan fingerprint density at radius 3 is 2.71 bits per heavy atom. The van der Waals surface area contributed by atoms with Crippen molar-refractivity contribution in [3.8, 4) is 0 Å². The van der Waals surface area contributed by atoms with E-state index in [9.17, 15) is 4.79 Å². The van der Waals surface area contributed by atoms with Crippen LogP contribution in [0, 0.1) is 0 Å². The number of carboxylic acid groups (broad SMARTS) is 1. The summed E-state index contributed by atoms with van der Waals surface area (Å²) in [5, 5.41) is 17.3. The van der Waals surface area contributed by atoms with Crippen molar-refractivity contribution < 1.29 is 15.0 Å². The SMILES string of the molecule is Nc1cc(C=CCO)cc(C(=O)O)c1. The van der Waals surface area contributed by atoms with Crippen LogP contribution >= 0.6 is 0 Å². The molecule has 0 unspecified atom stereocenters. The van der Waals surface area contributed by atoms with E-state index in [0.29, 0.717) is 11.3 Å². The lowest BCUT2D eigenvalue weighted by Gasteiger charge is -2.00. The first-order chi connectivity index (χ1) is 6.63. The van der Waals surface area contributed by atoms with Gasteiger partial charge in [0.25, 0.3) is 0 Å². The maximum atomic E-state index is 10.7. The van der Waals surface area contributed by atoms with Crippen LogP contribution in [0.3, 0.4) is 0 Å². The van der Waals surface area contributed by atoms with Crippen molar-refractivity contribution in [2.75, 3.05) is 12.3 Å². The van der Waals surface area contributed by atoms with E-state index in [1.807, 2.05) is 0 Å². The number of aliphatic hydroxyl groups excluding tert-OH is 1. The van der Waals surface area contributed by atoms with Gasteiger partial charge in [0.15, 0.2) is 0 Å². The normalized spacial score (nSPS) is 10.6. The average molecular weight is 193 g/mol. The molecule has 0 spiro atoms. The van der Waals surface area contributed by atoms with Gasteiger partial charge >= 0.3 is 5.97 Å².